The molecular formula is C22H36N6O. The van der Waals surface area contributed by atoms with Crippen LogP contribution in [0.25, 0.3) is 0 Å². The van der Waals surface area contributed by atoms with Crippen molar-refractivity contribution in [3.63, 3.8) is 0 Å². The first kappa shape index (κ1) is 22.7. The second kappa shape index (κ2) is 11.4. The van der Waals surface area contributed by atoms with Crippen LogP contribution < -0.4 is 15.4 Å². The van der Waals surface area contributed by atoms with Gasteiger partial charge in [-0.25, -0.2) is 4.99 Å². The maximum Gasteiger partial charge on any atom is 0.191 e. The van der Waals surface area contributed by atoms with Gasteiger partial charge < -0.3 is 19.9 Å². The minimum absolute atomic E-state index is 0.549. The Balaban J connectivity index is 2.02. The maximum atomic E-state index is 6.08. The van der Waals surface area contributed by atoms with E-state index < -0.39 is 0 Å². The summed E-state index contributed by atoms with van der Waals surface area (Å²) < 4.78 is 8.05. The van der Waals surface area contributed by atoms with Crippen molar-refractivity contribution in [1.82, 2.24) is 25.4 Å². The number of nitrogens with zero attached hydrogens (tertiary/aromatic N) is 4. The fraction of sp³-hybridized carbons (Fsp3) is 0.591. The summed E-state index contributed by atoms with van der Waals surface area (Å²) in [4.78, 5) is 4.74. The SMILES string of the molecule is CCNC(=NCc1ccc(C)cc1OCCCC(C)C)NCc1nnc(C)n1C. The Hall–Kier alpha value is -2.57. The van der Waals surface area contributed by atoms with Gasteiger partial charge in [-0.3, -0.25) is 0 Å². The van der Waals surface area contributed by atoms with Crippen LogP contribution in [0.2, 0.25) is 0 Å². The van der Waals surface area contributed by atoms with Crippen molar-refractivity contribution in [2.24, 2.45) is 18.0 Å². The quantitative estimate of drug-likeness (QED) is 0.363. The van der Waals surface area contributed by atoms with E-state index in [1.807, 2.05) is 18.5 Å². The van der Waals surface area contributed by atoms with Gasteiger partial charge in [0.2, 0.25) is 0 Å². The molecule has 0 amide bonds. The van der Waals surface area contributed by atoms with Crippen LogP contribution in [0.3, 0.4) is 0 Å². The average molecular weight is 401 g/mol. The van der Waals surface area contributed by atoms with Crippen LogP contribution in [0.4, 0.5) is 0 Å². The fourth-order valence-electron chi connectivity index (χ4n) is 2.87. The third-order valence-corrected chi connectivity index (χ3v) is 4.75. The molecule has 160 valence electrons. The number of aryl methyl sites for hydroxylation is 2. The van der Waals surface area contributed by atoms with Gasteiger partial charge >= 0.3 is 0 Å². The first-order valence-electron chi connectivity index (χ1n) is 10.5. The molecule has 2 aromatic rings. The molecule has 29 heavy (non-hydrogen) atoms. The van der Waals surface area contributed by atoms with Gasteiger partial charge in [0.25, 0.3) is 0 Å². The van der Waals surface area contributed by atoms with Crippen molar-refractivity contribution in [2.75, 3.05) is 13.2 Å². The molecule has 1 aromatic heterocycles. The molecule has 0 saturated carbocycles. The van der Waals surface area contributed by atoms with Crippen molar-refractivity contribution < 1.29 is 4.74 Å². The predicted molar refractivity (Wildman–Crippen MR) is 118 cm³/mol. The lowest BCUT2D eigenvalue weighted by Crippen LogP contribution is -2.37. The Morgan fingerprint density at radius 2 is 2.00 bits per heavy atom. The molecule has 2 N–H and O–H groups in total. The normalized spacial score (nSPS) is 11.8. The number of ether oxygens (including phenoxy) is 1. The van der Waals surface area contributed by atoms with Gasteiger partial charge in [0.1, 0.15) is 11.6 Å². The topological polar surface area (TPSA) is 76.4 Å². The lowest BCUT2D eigenvalue weighted by molar-refractivity contribution is 0.295. The highest BCUT2D eigenvalue weighted by atomic mass is 16.5. The Morgan fingerprint density at radius 1 is 1.21 bits per heavy atom. The third kappa shape index (κ3) is 7.40. The van der Waals surface area contributed by atoms with Gasteiger partial charge in [0.15, 0.2) is 11.8 Å². The van der Waals surface area contributed by atoms with E-state index in [2.05, 4.69) is 66.7 Å². The minimum atomic E-state index is 0.549. The summed E-state index contributed by atoms with van der Waals surface area (Å²) in [5.74, 6) is 4.14. The molecule has 7 heteroatoms. The lowest BCUT2D eigenvalue weighted by Gasteiger charge is -2.14. The second-order valence-corrected chi connectivity index (χ2v) is 7.77. The Bertz CT molecular complexity index is 797. The molecule has 0 spiro atoms. The van der Waals surface area contributed by atoms with E-state index in [4.69, 9.17) is 9.73 Å². The summed E-state index contributed by atoms with van der Waals surface area (Å²) in [5.41, 5.74) is 2.28. The second-order valence-electron chi connectivity index (χ2n) is 7.77. The molecule has 0 saturated heterocycles. The Morgan fingerprint density at radius 3 is 2.66 bits per heavy atom. The summed E-state index contributed by atoms with van der Waals surface area (Å²) in [7, 11) is 1.96. The molecule has 0 atom stereocenters. The largest absolute Gasteiger partial charge is 0.493 e. The summed E-state index contributed by atoms with van der Waals surface area (Å²) >= 11 is 0. The van der Waals surface area contributed by atoms with Gasteiger partial charge in [-0.15, -0.1) is 10.2 Å². The average Bonchev–Trinajstić information content (AvgIpc) is 3.00. The fourth-order valence-corrected chi connectivity index (χ4v) is 2.87. The van der Waals surface area contributed by atoms with E-state index >= 15 is 0 Å². The number of aliphatic imine (C=N–C) groups is 1. The Labute approximate surface area is 175 Å². The predicted octanol–water partition coefficient (Wildman–Crippen LogP) is 3.50. The molecule has 0 unspecified atom stereocenters. The number of nitrogens with one attached hydrogen (secondary N) is 2. The highest BCUT2D eigenvalue weighted by Gasteiger charge is 2.08. The molecule has 0 radical (unpaired) electrons. The standard InChI is InChI=1S/C22H36N6O/c1-7-23-22(25-15-21-27-26-18(5)28(21)6)24-14-19-11-10-17(4)13-20(19)29-12-8-9-16(2)3/h10-11,13,16H,7-9,12,14-15H2,1-6H3,(H2,23,24,25). The lowest BCUT2D eigenvalue weighted by atomic mass is 10.1. The van der Waals surface area contributed by atoms with Gasteiger partial charge in [0.05, 0.1) is 19.7 Å². The molecule has 0 bridgehead atoms. The molecule has 2 rings (SSSR count). The van der Waals surface area contributed by atoms with E-state index in [0.717, 1.165) is 48.5 Å². The van der Waals surface area contributed by atoms with E-state index in [1.165, 1.54) is 12.0 Å². The van der Waals surface area contributed by atoms with Crippen LogP contribution in [-0.4, -0.2) is 33.9 Å². The van der Waals surface area contributed by atoms with Crippen LogP contribution in [0, 0.1) is 19.8 Å². The zero-order valence-corrected chi connectivity index (χ0v) is 18.7. The molecule has 1 heterocycles. The number of guanidine groups is 1. The van der Waals surface area contributed by atoms with Gasteiger partial charge in [-0.1, -0.05) is 26.0 Å². The van der Waals surface area contributed by atoms with Crippen LogP contribution in [0.15, 0.2) is 23.2 Å². The van der Waals surface area contributed by atoms with Crippen LogP contribution in [0.5, 0.6) is 5.75 Å². The highest BCUT2D eigenvalue weighted by molar-refractivity contribution is 5.79. The molecule has 0 fully saturated rings. The third-order valence-electron chi connectivity index (χ3n) is 4.75. The van der Waals surface area contributed by atoms with Gasteiger partial charge in [0, 0.05) is 19.2 Å². The number of benzene rings is 1. The first-order chi connectivity index (χ1) is 13.9. The van der Waals surface area contributed by atoms with Crippen LogP contribution in [0.1, 0.15) is 56.4 Å². The van der Waals surface area contributed by atoms with Gasteiger partial charge in [-0.05, 0) is 51.2 Å². The molecule has 1 aromatic carbocycles. The van der Waals surface area contributed by atoms with Crippen molar-refractivity contribution in [3.05, 3.63) is 41.0 Å². The van der Waals surface area contributed by atoms with Crippen LogP contribution >= 0.6 is 0 Å². The summed E-state index contributed by atoms with van der Waals surface area (Å²) in [6.07, 6.45) is 2.24. The summed E-state index contributed by atoms with van der Waals surface area (Å²) in [6, 6.07) is 6.31. The molecular weight excluding hydrogens is 364 g/mol. The van der Waals surface area contributed by atoms with Crippen LogP contribution in [-0.2, 0) is 20.1 Å². The Kier molecular flexibility index (Phi) is 8.96. The van der Waals surface area contributed by atoms with E-state index in [1.54, 1.807) is 0 Å². The monoisotopic (exact) mass is 400 g/mol. The number of rotatable bonds is 10. The van der Waals surface area contributed by atoms with Gasteiger partial charge in [-0.2, -0.15) is 0 Å². The highest BCUT2D eigenvalue weighted by Crippen LogP contribution is 2.22. The molecule has 0 aliphatic heterocycles. The summed E-state index contributed by atoms with van der Waals surface area (Å²) in [6.45, 7) is 13.2. The molecule has 0 aliphatic carbocycles. The number of aromatic nitrogens is 3. The van der Waals surface area contributed by atoms with E-state index in [0.29, 0.717) is 19.0 Å². The van der Waals surface area contributed by atoms with Crippen molar-refractivity contribution in [3.8, 4) is 5.75 Å². The smallest absolute Gasteiger partial charge is 0.191 e. The number of hydrogen-bond donors (Lipinski definition) is 2. The maximum absolute atomic E-state index is 6.08. The molecule has 7 nitrogen and oxygen atoms in total. The van der Waals surface area contributed by atoms with Crippen molar-refractivity contribution >= 4 is 5.96 Å². The molecule has 0 aliphatic rings. The number of hydrogen-bond acceptors (Lipinski definition) is 4. The van der Waals surface area contributed by atoms with Crippen molar-refractivity contribution in [1.29, 1.82) is 0 Å². The summed E-state index contributed by atoms with van der Waals surface area (Å²) in [5, 5.41) is 14.9. The van der Waals surface area contributed by atoms with E-state index in [-0.39, 0.29) is 0 Å². The zero-order valence-electron chi connectivity index (χ0n) is 18.7. The van der Waals surface area contributed by atoms with Crippen molar-refractivity contribution in [2.45, 2.75) is 60.5 Å². The zero-order chi connectivity index (χ0) is 21.2. The minimum Gasteiger partial charge on any atom is -0.493 e. The first-order valence-corrected chi connectivity index (χ1v) is 10.5. The van der Waals surface area contributed by atoms with E-state index in [9.17, 15) is 0 Å².